The van der Waals surface area contributed by atoms with Gasteiger partial charge in [0.05, 0.1) is 0 Å². The molecule has 0 spiro atoms. The Morgan fingerprint density at radius 3 is 1.69 bits per heavy atom. The molecule has 0 bridgehead atoms. The Bertz CT molecular complexity index is 255. The highest BCUT2D eigenvalue weighted by molar-refractivity contribution is 8.07. The topological polar surface area (TPSA) is 47.6 Å². The van der Waals surface area contributed by atoms with Gasteiger partial charge in [0.1, 0.15) is 21.9 Å². The molecule has 0 unspecified atom stereocenters. The van der Waals surface area contributed by atoms with Crippen molar-refractivity contribution in [3.8, 4) is 12.1 Å². The van der Waals surface area contributed by atoms with E-state index >= 15 is 0 Å². The van der Waals surface area contributed by atoms with Crippen molar-refractivity contribution >= 4 is 23.5 Å². The van der Waals surface area contributed by atoms with E-state index in [1.165, 1.54) is 29.9 Å². The zero-order valence-electron chi connectivity index (χ0n) is 7.25. The van der Waals surface area contributed by atoms with Crippen LogP contribution in [0.1, 0.15) is 19.3 Å². The number of nitriles is 2. The highest BCUT2D eigenvalue weighted by atomic mass is 32.2. The molecule has 1 heterocycles. The van der Waals surface area contributed by atoms with Crippen molar-refractivity contribution in [1.29, 1.82) is 10.5 Å². The second-order valence-electron chi connectivity index (χ2n) is 2.64. The predicted molar refractivity (Wildman–Crippen MR) is 57.0 cm³/mol. The van der Waals surface area contributed by atoms with E-state index in [1.807, 2.05) is 0 Å². The molecular weight excluding hydrogens is 200 g/mol. The van der Waals surface area contributed by atoms with Crippen LogP contribution in [0.5, 0.6) is 0 Å². The normalized spacial score (nSPS) is 24.8. The fourth-order valence-corrected chi connectivity index (χ4v) is 2.97. The molecule has 0 saturated carbocycles. The molecule has 0 fully saturated rings. The Hall–Kier alpha value is -0.580. The van der Waals surface area contributed by atoms with Gasteiger partial charge in [-0.15, -0.1) is 23.5 Å². The Balaban J connectivity index is 2.76. The van der Waals surface area contributed by atoms with E-state index in [4.69, 9.17) is 10.5 Å². The molecule has 2 nitrogen and oxygen atoms in total. The lowest BCUT2D eigenvalue weighted by Gasteiger charge is -1.97. The third kappa shape index (κ3) is 3.34. The van der Waals surface area contributed by atoms with E-state index in [9.17, 15) is 0 Å². The van der Waals surface area contributed by atoms with E-state index in [0.717, 1.165) is 24.3 Å². The summed E-state index contributed by atoms with van der Waals surface area (Å²) >= 11 is 3.04. The summed E-state index contributed by atoms with van der Waals surface area (Å²) in [6, 6.07) is 4.20. The average molecular weight is 210 g/mol. The molecule has 0 atom stereocenters. The molecule has 0 aromatic rings. The summed E-state index contributed by atoms with van der Waals surface area (Å²) in [5, 5.41) is 17.6. The van der Waals surface area contributed by atoms with E-state index in [0.29, 0.717) is 9.81 Å². The summed E-state index contributed by atoms with van der Waals surface area (Å²) in [6.07, 6.45) is 3.50. The molecule has 0 amide bonds. The van der Waals surface area contributed by atoms with Gasteiger partial charge < -0.3 is 0 Å². The quantitative estimate of drug-likeness (QED) is 0.617. The monoisotopic (exact) mass is 210 g/mol. The van der Waals surface area contributed by atoms with Gasteiger partial charge in [0.25, 0.3) is 0 Å². The number of hydrogen-bond donors (Lipinski definition) is 0. The van der Waals surface area contributed by atoms with E-state index in [-0.39, 0.29) is 0 Å². The predicted octanol–water partition coefficient (Wildman–Crippen LogP) is 2.90. The molecule has 68 valence electrons. The largest absolute Gasteiger partial charge is 0.192 e. The summed E-state index contributed by atoms with van der Waals surface area (Å²) in [5.74, 6) is 1.93. The molecule has 0 saturated heterocycles. The fraction of sp³-hybridized carbons (Fsp3) is 0.556. The molecule has 0 radical (unpaired) electrons. The first-order valence-corrected chi connectivity index (χ1v) is 6.15. The van der Waals surface area contributed by atoms with E-state index < -0.39 is 0 Å². The van der Waals surface area contributed by atoms with Crippen molar-refractivity contribution in [1.82, 2.24) is 0 Å². The molecule has 0 aliphatic carbocycles. The minimum absolute atomic E-state index is 0.606. The molecule has 4 heteroatoms. The standard InChI is InChI=1S/C9H10N2S2/c10-6-8-9(7-11)13-5-3-1-2-4-12-8/h1-5H2/b9-8-. The van der Waals surface area contributed by atoms with Crippen LogP contribution in [0.2, 0.25) is 0 Å². The van der Waals surface area contributed by atoms with Gasteiger partial charge in [-0.3, -0.25) is 0 Å². The van der Waals surface area contributed by atoms with Crippen molar-refractivity contribution in [2.24, 2.45) is 0 Å². The van der Waals surface area contributed by atoms with E-state index in [2.05, 4.69) is 12.1 Å². The SMILES string of the molecule is N#C/C1=C(\C#N)SCCCCCS1. The van der Waals surface area contributed by atoms with Crippen LogP contribution in [0.25, 0.3) is 0 Å². The van der Waals surface area contributed by atoms with Crippen molar-refractivity contribution in [2.75, 3.05) is 11.5 Å². The lowest BCUT2D eigenvalue weighted by molar-refractivity contribution is 0.787. The third-order valence-corrected chi connectivity index (χ3v) is 3.97. The zero-order valence-corrected chi connectivity index (χ0v) is 8.88. The van der Waals surface area contributed by atoms with Gasteiger partial charge >= 0.3 is 0 Å². The van der Waals surface area contributed by atoms with Crippen LogP contribution in [0.15, 0.2) is 9.81 Å². The molecular formula is C9H10N2S2. The summed E-state index contributed by atoms with van der Waals surface area (Å²) in [4.78, 5) is 1.21. The zero-order chi connectivity index (χ0) is 9.52. The van der Waals surface area contributed by atoms with Gasteiger partial charge in [0, 0.05) is 0 Å². The molecule has 1 rings (SSSR count). The van der Waals surface area contributed by atoms with Gasteiger partial charge in [0.2, 0.25) is 0 Å². The van der Waals surface area contributed by atoms with Crippen LogP contribution in [0, 0.1) is 22.7 Å². The first-order chi connectivity index (χ1) is 6.38. The maximum atomic E-state index is 8.81. The van der Waals surface area contributed by atoms with Gasteiger partial charge in [-0.25, -0.2) is 0 Å². The van der Waals surface area contributed by atoms with Crippen molar-refractivity contribution < 1.29 is 0 Å². The van der Waals surface area contributed by atoms with Crippen molar-refractivity contribution in [3.63, 3.8) is 0 Å². The smallest absolute Gasteiger partial charge is 0.109 e. The van der Waals surface area contributed by atoms with Crippen LogP contribution in [0.4, 0.5) is 0 Å². The fourth-order valence-electron chi connectivity index (χ4n) is 1.03. The molecule has 13 heavy (non-hydrogen) atoms. The number of hydrogen-bond acceptors (Lipinski definition) is 4. The Labute approximate surface area is 87.0 Å². The van der Waals surface area contributed by atoms with Crippen LogP contribution in [-0.4, -0.2) is 11.5 Å². The minimum atomic E-state index is 0.606. The van der Waals surface area contributed by atoms with Gasteiger partial charge in [-0.2, -0.15) is 10.5 Å². The average Bonchev–Trinajstić information content (AvgIpc) is 2.28. The van der Waals surface area contributed by atoms with Crippen LogP contribution in [-0.2, 0) is 0 Å². The lowest BCUT2D eigenvalue weighted by Crippen LogP contribution is -1.81. The molecule has 1 aliphatic rings. The molecule has 0 aromatic carbocycles. The van der Waals surface area contributed by atoms with Crippen LogP contribution < -0.4 is 0 Å². The van der Waals surface area contributed by atoms with Gasteiger partial charge in [-0.05, 0) is 24.3 Å². The molecule has 1 aliphatic heterocycles. The first kappa shape index (κ1) is 10.5. The van der Waals surface area contributed by atoms with E-state index in [1.54, 1.807) is 0 Å². The summed E-state index contributed by atoms with van der Waals surface area (Å²) in [5.41, 5.74) is 0. The summed E-state index contributed by atoms with van der Waals surface area (Å²) in [7, 11) is 0. The number of nitrogens with zero attached hydrogens (tertiary/aromatic N) is 2. The molecule has 0 aromatic heterocycles. The first-order valence-electron chi connectivity index (χ1n) is 4.18. The minimum Gasteiger partial charge on any atom is -0.192 e. The third-order valence-electron chi connectivity index (χ3n) is 1.69. The van der Waals surface area contributed by atoms with Crippen molar-refractivity contribution in [3.05, 3.63) is 9.81 Å². The maximum Gasteiger partial charge on any atom is 0.109 e. The van der Waals surface area contributed by atoms with Crippen LogP contribution in [0.3, 0.4) is 0 Å². The van der Waals surface area contributed by atoms with Crippen molar-refractivity contribution in [2.45, 2.75) is 19.3 Å². The summed E-state index contributed by atoms with van der Waals surface area (Å²) in [6.45, 7) is 0. The Kier molecular flexibility index (Phi) is 4.82. The summed E-state index contributed by atoms with van der Waals surface area (Å²) < 4.78 is 0. The highest BCUT2D eigenvalue weighted by Gasteiger charge is 2.09. The number of allylic oxidation sites excluding steroid dienone is 2. The Morgan fingerprint density at radius 1 is 0.846 bits per heavy atom. The number of thioether (sulfide) groups is 2. The molecule has 0 N–H and O–H groups in total. The van der Waals surface area contributed by atoms with Gasteiger partial charge in [0.15, 0.2) is 0 Å². The second kappa shape index (κ2) is 5.96. The number of rotatable bonds is 0. The Morgan fingerprint density at radius 2 is 1.31 bits per heavy atom. The second-order valence-corrected chi connectivity index (χ2v) is 4.85. The van der Waals surface area contributed by atoms with Gasteiger partial charge in [-0.1, -0.05) is 6.42 Å². The van der Waals surface area contributed by atoms with Crippen LogP contribution >= 0.6 is 23.5 Å². The highest BCUT2D eigenvalue weighted by Crippen LogP contribution is 2.30. The lowest BCUT2D eigenvalue weighted by atomic mass is 10.3. The maximum absolute atomic E-state index is 8.81.